The van der Waals surface area contributed by atoms with Gasteiger partial charge in [0.2, 0.25) is 5.91 Å². The number of nitrogens with one attached hydrogen (secondary N) is 2. The number of benzene rings is 2. The summed E-state index contributed by atoms with van der Waals surface area (Å²) < 4.78 is 5.10. The van der Waals surface area contributed by atoms with Gasteiger partial charge in [-0.15, -0.1) is 0 Å². The normalized spacial score (nSPS) is 11.7. The van der Waals surface area contributed by atoms with E-state index in [4.69, 9.17) is 4.74 Å². The average molecular weight is 354 g/mol. The number of rotatable bonds is 7. The summed E-state index contributed by atoms with van der Waals surface area (Å²) >= 11 is 0. The van der Waals surface area contributed by atoms with Gasteiger partial charge < -0.3 is 15.4 Å². The number of methoxy groups -OCH3 is 1. The molecular formula is C21H26N2O3. The molecule has 2 aromatic rings. The molecule has 0 aliphatic rings. The second kappa shape index (κ2) is 9.04. The Morgan fingerprint density at radius 3 is 2.35 bits per heavy atom. The summed E-state index contributed by atoms with van der Waals surface area (Å²) in [5, 5.41) is 5.73. The minimum Gasteiger partial charge on any atom is -0.497 e. The highest BCUT2D eigenvalue weighted by Gasteiger charge is 2.24. The summed E-state index contributed by atoms with van der Waals surface area (Å²) in [7, 11) is 1.57. The molecule has 0 saturated carbocycles. The van der Waals surface area contributed by atoms with E-state index < -0.39 is 6.04 Å². The number of ether oxygens (including phenoxy) is 1. The van der Waals surface area contributed by atoms with E-state index in [0.29, 0.717) is 11.3 Å². The molecule has 0 aliphatic heterocycles. The van der Waals surface area contributed by atoms with Crippen LogP contribution in [-0.2, 0) is 11.2 Å². The largest absolute Gasteiger partial charge is 0.497 e. The number of aryl methyl sites for hydroxylation is 1. The molecule has 138 valence electrons. The zero-order chi connectivity index (χ0) is 19.1. The van der Waals surface area contributed by atoms with Gasteiger partial charge in [0.1, 0.15) is 11.8 Å². The van der Waals surface area contributed by atoms with Crippen LogP contribution >= 0.6 is 0 Å². The summed E-state index contributed by atoms with van der Waals surface area (Å²) in [6.07, 6.45) is 0.894. The van der Waals surface area contributed by atoms with Crippen LogP contribution in [-0.4, -0.2) is 25.0 Å². The van der Waals surface area contributed by atoms with Crippen LogP contribution in [0.2, 0.25) is 0 Å². The van der Waals surface area contributed by atoms with Crippen molar-refractivity contribution in [3.8, 4) is 5.75 Å². The fourth-order valence-corrected chi connectivity index (χ4v) is 2.59. The Labute approximate surface area is 154 Å². The van der Waals surface area contributed by atoms with Crippen LogP contribution in [0.5, 0.6) is 5.75 Å². The molecule has 0 radical (unpaired) electrons. The van der Waals surface area contributed by atoms with E-state index in [-0.39, 0.29) is 17.7 Å². The van der Waals surface area contributed by atoms with Gasteiger partial charge in [-0.1, -0.05) is 32.9 Å². The maximum absolute atomic E-state index is 12.7. The minimum atomic E-state index is -0.630. The number of amides is 2. The maximum atomic E-state index is 12.7. The Morgan fingerprint density at radius 1 is 1.08 bits per heavy atom. The van der Waals surface area contributed by atoms with Gasteiger partial charge in [0.05, 0.1) is 7.11 Å². The fourth-order valence-electron chi connectivity index (χ4n) is 2.59. The second-order valence-electron chi connectivity index (χ2n) is 6.47. The molecule has 0 fully saturated rings. The van der Waals surface area contributed by atoms with Crippen molar-refractivity contribution in [2.75, 3.05) is 12.4 Å². The molecular weight excluding hydrogens is 328 g/mol. The van der Waals surface area contributed by atoms with Gasteiger partial charge in [0, 0.05) is 11.3 Å². The molecule has 1 unspecified atom stereocenters. The Kier molecular flexibility index (Phi) is 6.78. The first-order valence-corrected chi connectivity index (χ1v) is 8.79. The van der Waals surface area contributed by atoms with Crippen LogP contribution in [0.1, 0.15) is 36.7 Å². The van der Waals surface area contributed by atoms with Gasteiger partial charge >= 0.3 is 0 Å². The standard InChI is InChI=1S/C21H26N2O3/c1-5-15-7-6-8-17(13-15)22-21(25)19(14(2)3)23-20(24)16-9-11-18(26-4)12-10-16/h6-14,19H,5H2,1-4H3,(H,22,25)(H,23,24). The quantitative estimate of drug-likeness (QED) is 0.797. The van der Waals surface area contributed by atoms with Gasteiger partial charge in [-0.3, -0.25) is 9.59 Å². The molecule has 5 heteroatoms. The molecule has 26 heavy (non-hydrogen) atoms. The van der Waals surface area contributed by atoms with Crippen molar-refractivity contribution in [1.29, 1.82) is 0 Å². The number of carbonyl (C=O) groups is 2. The van der Waals surface area contributed by atoms with Crippen LogP contribution in [0.25, 0.3) is 0 Å². The van der Waals surface area contributed by atoms with Crippen LogP contribution in [0, 0.1) is 5.92 Å². The first kappa shape index (κ1) is 19.5. The summed E-state index contributed by atoms with van der Waals surface area (Å²) in [4.78, 5) is 25.2. The van der Waals surface area contributed by atoms with E-state index in [9.17, 15) is 9.59 Å². The van der Waals surface area contributed by atoms with E-state index in [1.165, 1.54) is 0 Å². The molecule has 2 N–H and O–H groups in total. The Morgan fingerprint density at radius 2 is 1.77 bits per heavy atom. The molecule has 1 atom stereocenters. The topological polar surface area (TPSA) is 67.4 Å². The third-order valence-electron chi connectivity index (χ3n) is 4.19. The van der Waals surface area contributed by atoms with Crippen molar-refractivity contribution in [1.82, 2.24) is 5.32 Å². The average Bonchev–Trinajstić information content (AvgIpc) is 2.65. The number of hydrogen-bond acceptors (Lipinski definition) is 3. The highest BCUT2D eigenvalue weighted by molar-refractivity contribution is 6.01. The summed E-state index contributed by atoms with van der Waals surface area (Å²) in [6, 6.07) is 13.9. The lowest BCUT2D eigenvalue weighted by molar-refractivity contribution is -0.118. The van der Waals surface area contributed by atoms with Crippen LogP contribution in [0.4, 0.5) is 5.69 Å². The van der Waals surface area contributed by atoms with Crippen molar-refractivity contribution in [3.05, 3.63) is 59.7 Å². The molecule has 2 aromatic carbocycles. The highest BCUT2D eigenvalue weighted by atomic mass is 16.5. The van der Waals surface area contributed by atoms with Crippen molar-refractivity contribution >= 4 is 17.5 Å². The molecule has 0 saturated heterocycles. The smallest absolute Gasteiger partial charge is 0.251 e. The van der Waals surface area contributed by atoms with Gasteiger partial charge in [0.25, 0.3) is 5.91 Å². The molecule has 2 amide bonds. The highest BCUT2D eigenvalue weighted by Crippen LogP contribution is 2.15. The van der Waals surface area contributed by atoms with Crippen LogP contribution in [0.3, 0.4) is 0 Å². The van der Waals surface area contributed by atoms with E-state index in [1.807, 2.05) is 38.1 Å². The number of anilines is 1. The maximum Gasteiger partial charge on any atom is 0.251 e. The third kappa shape index (κ3) is 5.09. The lowest BCUT2D eigenvalue weighted by atomic mass is 10.0. The number of carbonyl (C=O) groups excluding carboxylic acids is 2. The monoisotopic (exact) mass is 354 g/mol. The van der Waals surface area contributed by atoms with E-state index in [2.05, 4.69) is 17.6 Å². The van der Waals surface area contributed by atoms with Gasteiger partial charge in [-0.25, -0.2) is 0 Å². The van der Waals surface area contributed by atoms with Gasteiger partial charge in [0.15, 0.2) is 0 Å². The van der Waals surface area contributed by atoms with Gasteiger partial charge in [-0.05, 0) is 54.3 Å². The fraction of sp³-hybridized carbons (Fsp3) is 0.333. The molecule has 0 aliphatic carbocycles. The zero-order valence-electron chi connectivity index (χ0n) is 15.7. The molecule has 0 spiro atoms. The Balaban J connectivity index is 2.08. The summed E-state index contributed by atoms with van der Waals surface area (Å²) in [6.45, 7) is 5.87. The van der Waals surface area contributed by atoms with E-state index >= 15 is 0 Å². The molecule has 2 rings (SSSR count). The SMILES string of the molecule is CCc1cccc(NC(=O)C(NC(=O)c2ccc(OC)cc2)C(C)C)c1. The van der Waals surface area contributed by atoms with Crippen LogP contribution in [0.15, 0.2) is 48.5 Å². The molecule has 0 heterocycles. The van der Waals surface area contributed by atoms with Crippen molar-refractivity contribution < 1.29 is 14.3 Å². The molecule has 0 aromatic heterocycles. The molecule has 5 nitrogen and oxygen atoms in total. The first-order valence-electron chi connectivity index (χ1n) is 8.79. The third-order valence-corrected chi connectivity index (χ3v) is 4.19. The van der Waals surface area contributed by atoms with Gasteiger partial charge in [-0.2, -0.15) is 0 Å². The number of hydrogen-bond donors (Lipinski definition) is 2. The summed E-state index contributed by atoms with van der Waals surface area (Å²) in [5.74, 6) is 0.112. The predicted octanol–water partition coefficient (Wildman–Crippen LogP) is 3.65. The lowest BCUT2D eigenvalue weighted by Crippen LogP contribution is -2.47. The van der Waals surface area contributed by atoms with Crippen molar-refractivity contribution in [3.63, 3.8) is 0 Å². The first-order chi connectivity index (χ1) is 12.4. The second-order valence-corrected chi connectivity index (χ2v) is 6.47. The lowest BCUT2D eigenvalue weighted by Gasteiger charge is -2.22. The van der Waals surface area contributed by atoms with E-state index in [1.54, 1.807) is 31.4 Å². The zero-order valence-corrected chi connectivity index (χ0v) is 15.7. The minimum absolute atomic E-state index is 0.0495. The van der Waals surface area contributed by atoms with E-state index in [0.717, 1.165) is 17.7 Å². The van der Waals surface area contributed by atoms with Crippen molar-refractivity contribution in [2.24, 2.45) is 5.92 Å². The Bertz CT molecular complexity index is 754. The van der Waals surface area contributed by atoms with Crippen molar-refractivity contribution in [2.45, 2.75) is 33.2 Å². The van der Waals surface area contributed by atoms with Crippen LogP contribution < -0.4 is 15.4 Å². The summed E-state index contributed by atoms with van der Waals surface area (Å²) in [5.41, 5.74) is 2.36. The molecule has 0 bridgehead atoms. The Hall–Kier alpha value is -2.82. The predicted molar refractivity (Wildman–Crippen MR) is 104 cm³/mol.